The molecule has 0 heterocycles. The van der Waals surface area contributed by atoms with E-state index in [9.17, 15) is 5.11 Å². The summed E-state index contributed by atoms with van der Waals surface area (Å²) in [6, 6.07) is 13.5. The van der Waals surface area contributed by atoms with Crippen molar-refractivity contribution in [1.29, 1.82) is 0 Å². The zero-order chi connectivity index (χ0) is 13.8. The largest absolute Gasteiger partial charge is 0.496 e. The smallest absolute Gasteiger partial charge is 0.133 e. The molecule has 0 amide bonds. The van der Waals surface area contributed by atoms with Crippen LogP contribution in [-0.4, -0.2) is 18.5 Å². The van der Waals surface area contributed by atoms with Gasteiger partial charge in [-0.1, -0.05) is 24.3 Å². The lowest BCUT2D eigenvalue weighted by molar-refractivity contribution is 0.217. The van der Waals surface area contributed by atoms with Crippen molar-refractivity contribution in [3.8, 4) is 5.75 Å². The number of hydrogen-bond donors (Lipinski definition) is 1. The van der Waals surface area contributed by atoms with E-state index in [4.69, 9.17) is 4.74 Å². The fourth-order valence-corrected chi connectivity index (χ4v) is 3.11. The Labute approximate surface area is 125 Å². The molecule has 0 radical (unpaired) electrons. The minimum Gasteiger partial charge on any atom is -0.496 e. The number of aliphatic hydroxyl groups excluding tert-OH is 1. The molecule has 2 aromatic carbocycles. The number of benzene rings is 2. The van der Waals surface area contributed by atoms with E-state index in [-0.39, 0.29) is 0 Å². The SMILES string of the molecule is COc1ccc(C(O)c2ccccc2SC)cc1Br. The van der Waals surface area contributed by atoms with Gasteiger partial charge in [0.05, 0.1) is 11.6 Å². The molecular formula is C15H15BrO2S. The summed E-state index contributed by atoms with van der Waals surface area (Å²) in [7, 11) is 1.62. The fourth-order valence-electron chi connectivity index (χ4n) is 1.92. The predicted octanol–water partition coefficient (Wildman–Crippen LogP) is 4.26. The molecule has 1 unspecified atom stereocenters. The van der Waals surface area contributed by atoms with Gasteiger partial charge in [-0.05, 0) is 51.5 Å². The maximum absolute atomic E-state index is 10.5. The molecule has 0 saturated carbocycles. The van der Waals surface area contributed by atoms with Gasteiger partial charge in [-0.3, -0.25) is 0 Å². The van der Waals surface area contributed by atoms with E-state index >= 15 is 0 Å². The Kier molecular flexibility index (Phi) is 4.91. The third-order valence-electron chi connectivity index (χ3n) is 2.93. The number of hydrogen-bond acceptors (Lipinski definition) is 3. The molecule has 0 bridgehead atoms. The van der Waals surface area contributed by atoms with Crippen LogP contribution in [0.15, 0.2) is 51.8 Å². The minimum atomic E-state index is -0.633. The predicted molar refractivity (Wildman–Crippen MR) is 83.0 cm³/mol. The molecule has 0 aromatic heterocycles. The Morgan fingerprint density at radius 1 is 1.21 bits per heavy atom. The minimum absolute atomic E-state index is 0.633. The van der Waals surface area contributed by atoms with E-state index < -0.39 is 6.10 Å². The number of methoxy groups -OCH3 is 1. The summed E-state index contributed by atoms with van der Waals surface area (Å²) in [4.78, 5) is 1.09. The van der Waals surface area contributed by atoms with Crippen LogP contribution in [0.3, 0.4) is 0 Å². The van der Waals surface area contributed by atoms with Gasteiger partial charge >= 0.3 is 0 Å². The molecule has 0 aliphatic carbocycles. The lowest BCUT2D eigenvalue weighted by Crippen LogP contribution is -2.01. The van der Waals surface area contributed by atoms with E-state index in [1.165, 1.54) is 0 Å². The van der Waals surface area contributed by atoms with Gasteiger partial charge in [0.25, 0.3) is 0 Å². The summed E-state index contributed by atoms with van der Waals surface area (Å²) >= 11 is 5.08. The highest BCUT2D eigenvalue weighted by atomic mass is 79.9. The van der Waals surface area contributed by atoms with Crippen molar-refractivity contribution in [2.45, 2.75) is 11.0 Å². The second kappa shape index (κ2) is 6.46. The number of halogens is 1. The van der Waals surface area contributed by atoms with E-state index in [2.05, 4.69) is 15.9 Å². The van der Waals surface area contributed by atoms with Gasteiger partial charge in [0.1, 0.15) is 11.9 Å². The number of rotatable bonds is 4. The lowest BCUT2D eigenvalue weighted by Gasteiger charge is -2.16. The molecule has 2 nitrogen and oxygen atoms in total. The van der Waals surface area contributed by atoms with E-state index in [1.807, 2.05) is 48.7 Å². The van der Waals surface area contributed by atoms with Gasteiger partial charge in [-0.15, -0.1) is 11.8 Å². The Bertz CT molecular complexity index is 572. The molecule has 100 valence electrons. The van der Waals surface area contributed by atoms with Crippen molar-refractivity contribution in [1.82, 2.24) is 0 Å². The summed E-state index contributed by atoms with van der Waals surface area (Å²) in [6.07, 6.45) is 1.38. The highest BCUT2D eigenvalue weighted by molar-refractivity contribution is 9.10. The summed E-state index contributed by atoms with van der Waals surface area (Å²) in [6.45, 7) is 0. The monoisotopic (exact) mass is 338 g/mol. The van der Waals surface area contributed by atoms with E-state index in [1.54, 1.807) is 18.9 Å². The van der Waals surface area contributed by atoms with Crippen molar-refractivity contribution >= 4 is 27.7 Å². The van der Waals surface area contributed by atoms with Gasteiger partial charge in [-0.2, -0.15) is 0 Å². The quantitative estimate of drug-likeness (QED) is 0.844. The molecular weight excluding hydrogens is 324 g/mol. The van der Waals surface area contributed by atoms with Crippen LogP contribution in [0.2, 0.25) is 0 Å². The first-order chi connectivity index (χ1) is 9.17. The Hall–Kier alpha value is -0.970. The summed E-state index contributed by atoms with van der Waals surface area (Å²) in [5.41, 5.74) is 1.77. The lowest BCUT2D eigenvalue weighted by atomic mass is 10.0. The molecule has 1 atom stereocenters. The highest BCUT2D eigenvalue weighted by Gasteiger charge is 2.15. The highest BCUT2D eigenvalue weighted by Crippen LogP contribution is 2.33. The van der Waals surface area contributed by atoms with Crippen LogP contribution < -0.4 is 4.74 Å². The molecule has 0 saturated heterocycles. The van der Waals surface area contributed by atoms with E-state index in [0.29, 0.717) is 0 Å². The average Bonchev–Trinajstić information content (AvgIpc) is 2.46. The van der Waals surface area contributed by atoms with Gasteiger partial charge in [0, 0.05) is 4.90 Å². The maximum Gasteiger partial charge on any atom is 0.133 e. The topological polar surface area (TPSA) is 29.5 Å². The van der Waals surface area contributed by atoms with Crippen molar-refractivity contribution in [3.05, 3.63) is 58.1 Å². The van der Waals surface area contributed by atoms with Crippen LogP contribution >= 0.6 is 27.7 Å². The third-order valence-corrected chi connectivity index (χ3v) is 4.36. The normalized spacial score (nSPS) is 12.2. The number of aliphatic hydroxyl groups is 1. The van der Waals surface area contributed by atoms with Crippen LogP contribution in [0.4, 0.5) is 0 Å². The number of ether oxygens (including phenoxy) is 1. The van der Waals surface area contributed by atoms with Crippen LogP contribution in [-0.2, 0) is 0 Å². The fraction of sp³-hybridized carbons (Fsp3) is 0.200. The second-order valence-electron chi connectivity index (χ2n) is 4.04. The first kappa shape index (κ1) is 14.4. The van der Waals surface area contributed by atoms with Crippen molar-refractivity contribution in [2.75, 3.05) is 13.4 Å². The Morgan fingerprint density at radius 3 is 2.58 bits per heavy atom. The Balaban J connectivity index is 2.38. The van der Waals surface area contributed by atoms with Crippen LogP contribution in [0, 0.1) is 0 Å². The van der Waals surface area contributed by atoms with Crippen LogP contribution in [0.1, 0.15) is 17.2 Å². The molecule has 2 aromatic rings. The van der Waals surface area contributed by atoms with Crippen LogP contribution in [0.5, 0.6) is 5.75 Å². The molecule has 0 aliphatic heterocycles. The molecule has 2 rings (SSSR count). The summed E-state index contributed by atoms with van der Waals surface area (Å²) in [5.74, 6) is 0.758. The van der Waals surface area contributed by atoms with Gasteiger partial charge in [-0.25, -0.2) is 0 Å². The second-order valence-corrected chi connectivity index (χ2v) is 5.74. The van der Waals surface area contributed by atoms with Crippen molar-refractivity contribution in [3.63, 3.8) is 0 Å². The van der Waals surface area contributed by atoms with E-state index in [0.717, 1.165) is 26.2 Å². The van der Waals surface area contributed by atoms with Gasteiger partial charge in [0.2, 0.25) is 0 Å². The van der Waals surface area contributed by atoms with Gasteiger partial charge < -0.3 is 9.84 Å². The molecule has 0 fully saturated rings. The molecule has 4 heteroatoms. The molecule has 0 spiro atoms. The molecule has 1 N–H and O–H groups in total. The van der Waals surface area contributed by atoms with Gasteiger partial charge in [0.15, 0.2) is 0 Å². The summed E-state index contributed by atoms with van der Waals surface area (Å²) < 4.78 is 6.04. The zero-order valence-corrected chi connectivity index (χ0v) is 13.2. The number of thioether (sulfide) groups is 1. The van der Waals surface area contributed by atoms with Crippen molar-refractivity contribution in [2.24, 2.45) is 0 Å². The third kappa shape index (κ3) is 3.14. The average molecular weight is 339 g/mol. The standard InChI is InChI=1S/C15H15BrO2S/c1-18-13-8-7-10(9-12(13)16)15(17)11-5-3-4-6-14(11)19-2/h3-9,15,17H,1-2H3. The van der Waals surface area contributed by atoms with Crippen LogP contribution in [0.25, 0.3) is 0 Å². The molecule has 0 aliphatic rings. The first-order valence-electron chi connectivity index (χ1n) is 5.81. The molecule has 19 heavy (non-hydrogen) atoms. The Morgan fingerprint density at radius 2 is 1.95 bits per heavy atom. The summed E-state index contributed by atoms with van der Waals surface area (Å²) in [5, 5.41) is 10.5. The zero-order valence-electron chi connectivity index (χ0n) is 10.8. The maximum atomic E-state index is 10.5. The van der Waals surface area contributed by atoms with Crippen molar-refractivity contribution < 1.29 is 9.84 Å². The first-order valence-corrected chi connectivity index (χ1v) is 7.83.